The largest absolute Gasteiger partial charge is 0.496 e. The number of halogens is 5. The predicted octanol–water partition coefficient (Wildman–Crippen LogP) is 6.59. The van der Waals surface area contributed by atoms with E-state index in [0.717, 1.165) is 12.1 Å². The molecule has 32 heavy (non-hydrogen) atoms. The predicted molar refractivity (Wildman–Crippen MR) is 113 cm³/mol. The summed E-state index contributed by atoms with van der Waals surface area (Å²) in [5, 5.41) is 0.203. The molecule has 5 nitrogen and oxygen atoms in total. The maximum atomic E-state index is 14.3. The highest BCUT2D eigenvalue weighted by molar-refractivity contribution is 6.33. The van der Waals surface area contributed by atoms with Crippen molar-refractivity contribution in [2.45, 2.75) is 6.18 Å². The first-order valence-electron chi connectivity index (χ1n) is 9.34. The second-order valence-corrected chi connectivity index (χ2v) is 7.47. The SMILES string of the molecule is COc1cc2nc(-c3c(F)cccc3Cl)[nH]c2cc1-c1nc2ccc(C(F)(F)F)cc2[nH]1. The van der Waals surface area contributed by atoms with Crippen LogP contribution in [0.5, 0.6) is 5.75 Å². The molecule has 3 aromatic carbocycles. The lowest BCUT2D eigenvalue weighted by molar-refractivity contribution is -0.137. The van der Waals surface area contributed by atoms with Gasteiger partial charge in [-0.05, 0) is 36.4 Å². The van der Waals surface area contributed by atoms with Crippen molar-refractivity contribution >= 4 is 33.7 Å². The second kappa shape index (κ2) is 7.23. The molecule has 0 aliphatic carbocycles. The number of imidazole rings is 2. The normalized spacial score (nSPS) is 12.1. The number of ether oxygens (including phenoxy) is 1. The van der Waals surface area contributed by atoms with Gasteiger partial charge in [-0.15, -0.1) is 0 Å². The number of rotatable bonds is 3. The van der Waals surface area contributed by atoms with Crippen LogP contribution in [0.25, 0.3) is 44.8 Å². The number of aromatic nitrogens is 4. The third-order valence-electron chi connectivity index (χ3n) is 5.07. The number of nitrogens with zero attached hydrogens (tertiary/aromatic N) is 2. The topological polar surface area (TPSA) is 66.6 Å². The fraction of sp³-hybridized carbons (Fsp3) is 0.0909. The summed E-state index contributed by atoms with van der Waals surface area (Å²) < 4.78 is 58.9. The summed E-state index contributed by atoms with van der Waals surface area (Å²) in [5.74, 6) is 0.423. The lowest BCUT2D eigenvalue weighted by Gasteiger charge is -2.06. The van der Waals surface area contributed by atoms with Crippen molar-refractivity contribution in [2.75, 3.05) is 7.11 Å². The van der Waals surface area contributed by atoms with Crippen molar-refractivity contribution in [3.05, 3.63) is 64.9 Å². The van der Waals surface area contributed by atoms with Crippen LogP contribution in [0.2, 0.25) is 5.02 Å². The Balaban J connectivity index is 1.65. The zero-order valence-corrected chi connectivity index (χ0v) is 17.1. The Kier molecular flexibility index (Phi) is 4.59. The molecular weight excluding hydrogens is 448 g/mol. The third kappa shape index (κ3) is 3.34. The molecule has 0 unspecified atom stereocenters. The van der Waals surface area contributed by atoms with Gasteiger partial charge < -0.3 is 14.7 Å². The number of hydrogen-bond acceptors (Lipinski definition) is 3. The Morgan fingerprint density at radius 1 is 0.906 bits per heavy atom. The number of methoxy groups -OCH3 is 1. The van der Waals surface area contributed by atoms with Gasteiger partial charge in [0.1, 0.15) is 23.2 Å². The molecule has 0 bridgehead atoms. The molecule has 2 heterocycles. The van der Waals surface area contributed by atoms with E-state index in [9.17, 15) is 17.6 Å². The van der Waals surface area contributed by atoms with Gasteiger partial charge in [0.25, 0.3) is 0 Å². The Hall–Kier alpha value is -3.59. The van der Waals surface area contributed by atoms with Crippen molar-refractivity contribution < 1.29 is 22.3 Å². The molecule has 0 radical (unpaired) electrons. The van der Waals surface area contributed by atoms with E-state index in [4.69, 9.17) is 16.3 Å². The Labute approximate surface area is 183 Å². The zero-order chi connectivity index (χ0) is 22.6. The molecule has 0 amide bonds. The molecular formula is C22H13ClF4N4O. The van der Waals surface area contributed by atoms with Crippen molar-refractivity contribution in [2.24, 2.45) is 0 Å². The average molecular weight is 461 g/mol. The summed E-state index contributed by atoms with van der Waals surface area (Å²) in [6.07, 6.45) is -4.46. The minimum Gasteiger partial charge on any atom is -0.496 e. The van der Waals surface area contributed by atoms with Crippen LogP contribution in [0, 0.1) is 5.82 Å². The maximum Gasteiger partial charge on any atom is 0.416 e. The number of fused-ring (bicyclic) bond motifs is 2. The van der Waals surface area contributed by atoms with Gasteiger partial charge in [0.15, 0.2) is 0 Å². The van der Waals surface area contributed by atoms with Crippen LogP contribution in [0.4, 0.5) is 17.6 Å². The molecule has 0 atom stereocenters. The summed E-state index contributed by atoms with van der Waals surface area (Å²) in [6, 6.07) is 10.9. The van der Waals surface area contributed by atoms with E-state index in [0.29, 0.717) is 33.7 Å². The molecule has 10 heteroatoms. The van der Waals surface area contributed by atoms with Crippen LogP contribution in [0.1, 0.15) is 5.56 Å². The summed E-state index contributed by atoms with van der Waals surface area (Å²) >= 11 is 6.15. The number of benzene rings is 3. The van der Waals surface area contributed by atoms with E-state index in [2.05, 4.69) is 19.9 Å². The van der Waals surface area contributed by atoms with Crippen molar-refractivity contribution in [1.82, 2.24) is 19.9 Å². The molecule has 0 saturated heterocycles. The lowest BCUT2D eigenvalue weighted by Crippen LogP contribution is -2.04. The van der Waals surface area contributed by atoms with E-state index in [-0.39, 0.29) is 21.9 Å². The van der Waals surface area contributed by atoms with Gasteiger partial charge in [0, 0.05) is 6.07 Å². The monoisotopic (exact) mass is 460 g/mol. The first-order valence-corrected chi connectivity index (χ1v) is 9.72. The molecule has 5 aromatic rings. The summed E-state index contributed by atoms with van der Waals surface area (Å²) in [4.78, 5) is 14.8. The summed E-state index contributed by atoms with van der Waals surface area (Å²) in [7, 11) is 1.45. The molecule has 0 saturated carbocycles. The Bertz CT molecular complexity index is 1470. The standard InChI is InChI=1S/C22H13ClF4N4O/c1-32-18-9-17-16(30-21(31-17)19-12(23)3-2-4-13(19)24)8-11(18)20-28-14-6-5-10(22(25,26)27)7-15(14)29-20/h2-9H,1H3,(H,28,29)(H,30,31). The smallest absolute Gasteiger partial charge is 0.416 e. The van der Waals surface area contributed by atoms with Crippen LogP contribution in [0.15, 0.2) is 48.5 Å². The van der Waals surface area contributed by atoms with Gasteiger partial charge in [0.2, 0.25) is 0 Å². The van der Waals surface area contributed by atoms with Crippen LogP contribution in [0.3, 0.4) is 0 Å². The van der Waals surface area contributed by atoms with Gasteiger partial charge in [-0.3, -0.25) is 0 Å². The van der Waals surface area contributed by atoms with Gasteiger partial charge in [-0.1, -0.05) is 17.7 Å². The van der Waals surface area contributed by atoms with Gasteiger partial charge in [0.05, 0.1) is 50.9 Å². The third-order valence-corrected chi connectivity index (χ3v) is 5.38. The lowest BCUT2D eigenvalue weighted by atomic mass is 10.1. The first-order chi connectivity index (χ1) is 15.2. The number of aromatic amines is 2. The van der Waals surface area contributed by atoms with Crippen LogP contribution in [-0.2, 0) is 6.18 Å². The van der Waals surface area contributed by atoms with E-state index in [1.807, 2.05) is 0 Å². The molecule has 2 aromatic heterocycles. The van der Waals surface area contributed by atoms with Gasteiger partial charge in [-0.2, -0.15) is 13.2 Å². The summed E-state index contributed by atoms with van der Waals surface area (Å²) in [5.41, 5.74) is 1.51. The first kappa shape index (κ1) is 20.3. The highest BCUT2D eigenvalue weighted by Gasteiger charge is 2.31. The van der Waals surface area contributed by atoms with Crippen LogP contribution >= 0.6 is 11.6 Å². The van der Waals surface area contributed by atoms with Gasteiger partial charge >= 0.3 is 6.18 Å². The van der Waals surface area contributed by atoms with E-state index < -0.39 is 17.6 Å². The molecule has 0 fully saturated rings. The van der Waals surface area contributed by atoms with Crippen molar-refractivity contribution in [3.63, 3.8) is 0 Å². The Morgan fingerprint density at radius 2 is 1.62 bits per heavy atom. The average Bonchev–Trinajstić information content (AvgIpc) is 3.34. The summed E-state index contributed by atoms with van der Waals surface area (Å²) in [6.45, 7) is 0. The molecule has 2 N–H and O–H groups in total. The molecule has 0 spiro atoms. The highest BCUT2D eigenvalue weighted by Crippen LogP contribution is 2.37. The molecule has 5 rings (SSSR count). The minimum atomic E-state index is -4.46. The zero-order valence-electron chi connectivity index (χ0n) is 16.3. The van der Waals surface area contributed by atoms with E-state index in [1.54, 1.807) is 18.2 Å². The van der Waals surface area contributed by atoms with E-state index >= 15 is 0 Å². The minimum absolute atomic E-state index is 0.134. The van der Waals surface area contributed by atoms with Crippen LogP contribution in [-0.4, -0.2) is 27.0 Å². The second-order valence-electron chi connectivity index (χ2n) is 7.07. The number of hydrogen-bond donors (Lipinski definition) is 2. The highest BCUT2D eigenvalue weighted by atomic mass is 35.5. The van der Waals surface area contributed by atoms with Gasteiger partial charge in [-0.25, -0.2) is 14.4 Å². The quantitative estimate of drug-likeness (QED) is 0.298. The molecule has 0 aliphatic rings. The molecule has 0 aliphatic heterocycles. The van der Waals surface area contributed by atoms with E-state index in [1.165, 1.54) is 25.3 Å². The molecule has 162 valence electrons. The van der Waals surface area contributed by atoms with Crippen molar-refractivity contribution in [3.8, 4) is 28.5 Å². The fourth-order valence-corrected chi connectivity index (χ4v) is 3.80. The Morgan fingerprint density at radius 3 is 2.34 bits per heavy atom. The fourth-order valence-electron chi connectivity index (χ4n) is 3.55. The van der Waals surface area contributed by atoms with Crippen molar-refractivity contribution in [1.29, 1.82) is 0 Å². The maximum absolute atomic E-state index is 14.3. The number of nitrogens with one attached hydrogen (secondary N) is 2. The number of H-pyrrole nitrogens is 2. The number of alkyl halides is 3. The van der Waals surface area contributed by atoms with Crippen LogP contribution < -0.4 is 4.74 Å².